The maximum atomic E-state index is 13.2. The molecule has 5 heteroatoms. The third-order valence-electron chi connectivity index (χ3n) is 3.68. The van der Waals surface area contributed by atoms with E-state index in [4.69, 9.17) is 9.84 Å². The minimum Gasteiger partial charge on any atom is -0.488 e. The van der Waals surface area contributed by atoms with E-state index in [0.29, 0.717) is 18.0 Å². The number of ether oxygens (including phenoxy) is 1. The minimum absolute atomic E-state index is 0.233. The van der Waals surface area contributed by atoms with Gasteiger partial charge < -0.3 is 9.84 Å². The minimum atomic E-state index is -0.962. The first-order valence-electron chi connectivity index (χ1n) is 7.95. The van der Waals surface area contributed by atoms with E-state index in [1.54, 1.807) is 42.6 Å². The van der Waals surface area contributed by atoms with Gasteiger partial charge in [-0.3, -0.25) is 4.99 Å². The molecule has 130 valence electrons. The van der Waals surface area contributed by atoms with Crippen molar-refractivity contribution < 1.29 is 19.0 Å². The fraction of sp³-hybridized carbons (Fsp3) is 0.0476. The van der Waals surface area contributed by atoms with Crippen molar-refractivity contribution in [2.75, 3.05) is 0 Å². The second-order valence-electron chi connectivity index (χ2n) is 5.57. The standard InChI is InChI=1S/C21H16FNO3/c22-18-5-3-6-19(12-18)23-13-17-4-1-2-7-20(17)26-14-15-8-10-16(11-9-15)21(24)25/h1-13H,14H2,(H,24,25). The van der Waals surface area contributed by atoms with E-state index in [2.05, 4.69) is 4.99 Å². The number of carboxylic acid groups (broad SMARTS) is 1. The van der Waals surface area contributed by atoms with Gasteiger partial charge >= 0.3 is 5.97 Å². The first-order valence-corrected chi connectivity index (χ1v) is 7.95. The fourth-order valence-electron chi connectivity index (χ4n) is 2.32. The molecule has 0 amide bonds. The van der Waals surface area contributed by atoms with Crippen LogP contribution in [0.1, 0.15) is 21.5 Å². The van der Waals surface area contributed by atoms with Gasteiger partial charge in [0.25, 0.3) is 0 Å². The second-order valence-corrected chi connectivity index (χ2v) is 5.57. The molecule has 0 aromatic heterocycles. The Bertz CT molecular complexity index is 936. The van der Waals surface area contributed by atoms with Gasteiger partial charge in [0.1, 0.15) is 18.2 Å². The number of aliphatic imine (C=N–C) groups is 1. The van der Waals surface area contributed by atoms with Crippen molar-refractivity contribution in [2.45, 2.75) is 6.61 Å². The molecule has 26 heavy (non-hydrogen) atoms. The predicted molar refractivity (Wildman–Crippen MR) is 97.8 cm³/mol. The monoisotopic (exact) mass is 349 g/mol. The summed E-state index contributed by atoms with van der Waals surface area (Å²) in [5, 5.41) is 8.92. The molecule has 0 heterocycles. The van der Waals surface area contributed by atoms with Crippen LogP contribution in [0.2, 0.25) is 0 Å². The number of rotatable bonds is 6. The molecule has 3 rings (SSSR count). The number of carboxylic acids is 1. The van der Waals surface area contributed by atoms with Crippen LogP contribution in [0.3, 0.4) is 0 Å². The average Bonchev–Trinajstić information content (AvgIpc) is 2.66. The number of benzene rings is 3. The summed E-state index contributed by atoms with van der Waals surface area (Å²) in [6, 6.07) is 19.9. The van der Waals surface area contributed by atoms with Gasteiger partial charge in [-0.15, -0.1) is 0 Å². The Morgan fingerprint density at radius 2 is 1.81 bits per heavy atom. The van der Waals surface area contributed by atoms with Gasteiger partial charge in [0, 0.05) is 11.8 Å². The maximum Gasteiger partial charge on any atom is 0.335 e. The molecule has 0 atom stereocenters. The lowest BCUT2D eigenvalue weighted by Gasteiger charge is -2.09. The fourth-order valence-corrected chi connectivity index (χ4v) is 2.32. The van der Waals surface area contributed by atoms with Crippen LogP contribution in [-0.2, 0) is 6.61 Å². The molecule has 0 aliphatic heterocycles. The van der Waals surface area contributed by atoms with Gasteiger partial charge in [-0.25, -0.2) is 9.18 Å². The summed E-state index contributed by atoms with van der Waals surface area (Å²) in [5.41, 5.74) is 2.37. The predicted octanol–water partition coefficient (Wildman–Crippen LogP) is 4.85. The van der Waals surface area contributed by atoms with Gasteiger partial charge in [0.2, 0.25) is 0 Å². The van der Waals surface area contributed by atoms with Gasteiger partial charge in [0.05, 0.1) is 11.3 Å². The van der Waals surface area contributed by atoms with E-state index in [1.807, 2.05) is 24.3 Å². The molecule has 0 saturated carbocycles. The largest absolute Gasteiger partial charge is 0.488 e. The molecule has 3 aromatic rings. The molecular weight excluding hydrogens is 333 g/mol. The smallest absolute Gasteiger partial charge is 0.335 e. The Hall–Kier alpha value is -3.47. The highest BCUT2D eigenvalue weighted by atomic mass is 19.1. The molecule has 0 unspecified atom stereocenters. The molecule has 1 N–H and O–H groups in total. The Kier molecular flexibility index (Phi) is 5.39. The van der Waals surface area contributed by atoms with Gasteiger partial charge in [-0.2, -0.15) is 0 Å². The number of nitrogens with zero attached hydrogens (tertiary/aromatic N) is 1. The van der Waals surface area contributed by atoms with Crippen LogP contribution in [0.25, 0.3) is 0 Å². The number of aromatic carboxylic acids is 1. The third kappa shape index (κ3) is 4.54. The van der Waals surface area contributed by atoms with Crippen molar-refractivity contribution in [2.24, 2.45) is 4.99 Å². The summed E-state index contributed by atoms with van der Waals surface area (Å²) in [6.45, 7) is 0.296. The number of hydrogen-bond donors (Lipinski definition) is 1. The molecular formula is C21H16FNO3. The molecule has 0 bridgehead atoms. The number of carbonyl (C=O) groups is 1. The van der Waals surface area contributed by atoms with Gasteiger partial charge in [-0.05, 0) is 48.0 Å². The summed E-state index contributed by atoms with van der Waals surface area (Å²) in [6.07, 6.45) is 1.62. The SMILES string of the molecule is O=C(O)c1ccc(COc2ccccc2C=Nc2cccc(F)c2)cc1. The summed E-state index contributed by atoms with van der Waals surface area (Å²) in [5.74, 6) is -0.666. The summed E-state index contributed by atoms with van der Waals surface area (Å²) >= 11 is 0. The van der Waals surface area contributed by atoms with Crippen LogP contribution in [0.4, 0.5) is 10.1 Å². The van der Waals surface area contributed by atoms with Crippen LogP contribution in [0, 0.1) is 5.82 Å². The maximum absolute atomic E-state index is 13.2. The molecule has 0 saturated heterocycles. The highest BCUT2D eigenvalue weighted by Crippen LogP contribution is 2.20. The van der Waals surface area contributed by atoms with E-state index in [0.717, 1.165) is 11.1 Å². The highest BCUT2D eigenvalue weighted by Gasteiger charge is 2.04. The lowest BCUT2D eigenvalue weighted by atomic mass is 10.1. The van der Waals surface area contributed by atoms with E-state index < -0.39 is 5.97 Å². The topological polar surface area (TPSA) is 58.9 Å². The molecule has 0 spiro atoms. The molecule has 4 nitrogen and oxygen atoms in total. The van der Waals surface area contributed by atoms with Crippen LogP contribution in [0.15, 0.2) is 77.8 Å². The zero-order valence-corrected chi connectivity index (χ0v) is 13.8. The second kappa shape index (κ2) is 8.07. The van der Waals surface area contributed by atoms with Gasteiger partial charge in [0.15, 0.2) is 0 Å². The zero-order valence-electron chi connectivity index (χ0n) is 13.8. The van der Waals surface area contributed by atoms with E-state index in [9.17, 15) is 9.18 Å². The number of para-hydroxylation sites is 1. The van der Waals surface area contributed by atoms with Gasteiger partial charge in [-0.1, -0.05) is 30.3 Å². The van der Waals surface area contributed by atoms with Crippen LogP contribution < -0.4 is 4.74 Å². The van der Waals surface area contributed by atoms with Crippen molar-refractivity contribution in [3.63, 3.8) is 0 Å². The Balaban J connectivity index is 1.72. The normalized spacial score (nSPS) is 10.8. The lowest BCUT2D eigenvalue weighted by molar-refractivity contribution is 0.0697. The van der Waals surface area contributed by atoms with Crippen molar-refractivity contribution in [3.8, 4) is 5.75 Å². The summed E-state index contributed by atoms with van der Waals surface area (Å²) in [7, 11) is 0. The lowest BCUT2D eigenvalue weighted by Crippen LogP contribution is -2.00. The Morgan fingerprint density at radius 3 is 2.54 bits per heavy atom. The molecule has 0 radical (unpaired) electrons. The van der Waals surface area contributed by atoms with Crippen molar-refractivity contribution in [1.82, 2.24) is 0 Å². The Morgan fingerprint density at radius 1 is 1.04 bits per heavy atom. The molecule has 0 aliphatic rings. The van der Waals surface area contributed by atoms with Crippen molar-refractivity contribution >= 4 is 17.9 Å². The quantitative estimate of drug-likeness (QED) is 0.647. The zero-order chi connectivity index (χ0) is 18.4. The summed E-state index contributed by atoms with van der Waals surface area (Å²) in [4.78, 5) is 15.2. The third-order valence-corrected chi connectivity index (χ3v) is 3.68. The molecule has 0 fully saturated rings. The summed E-state index contributed by atoms with van der Waals surface area (Å²) < 4.78 is 19.0. The van der Waals surface area contributed by atoms with Crippen LogP contribution in [-0.4, -0.2) is 17.3 Å². The highest BCUT2D eigenvalue weighted by molar-refractivity contribution is 5.87. The van der Waals surface area contributed by atoms with E-state index >= 15 is 0 Å². The molecule has 3 aromatic carbocycles. The average molecular weight is 349 g/mol. The van der Waals surface area contributed by atoms with Crippen LogP contribution in [0.5, 0.6) is 5.75 Å². The number of halogens is 1. The van der Waals surface area contributed by atoms with Crippen molar-refractivity contribution in [1.29, 1.82) is 0 Å². The first kappa shape index (κ1) is 17.4. The van der Waals surface area contributed by atoms with Crippen LogP contribution >= 0.6 is 0 Å². The number of hydrogen-bond acceptors (Lipinski definition) is 3. The van der Waals surface area contributed by atoms with E-state index in [1.165, 1.54) is 12.1 Å². The molecule has 0 aliphatic carbocycles. The first-order chi connectivity index (χ1) is 12.6. The van der Waals surface area contributed by atoms with E-state index in [-0.39, 0.29) is 11.4 Å². The Labute approximate surface area is 150 Å². The van der Waals surface area contributed by atoms with Crippen molar-refractivity contribution in [3.05, 3.63) is 95.3 Å².